The van der Waals surface area contributed by atoms with Gasteiger partial charge in [-0.15, -0.1) is 0 Å². The molecule has 0 fully saturated rings. The molecule has 2 aliphatic rings. The average molecular weight is 765 g/mol. The number of unbranched alkanes of at least 4 members (excludes halogenated alkanes) is 4. The van der Waals surface area contributed by atoms with Crippen LogP contribution in [0.25, 0.3) is 0 Å². The second-order valence-electron chi connectivity index (χ2n) is 17.1. The minimum atomic E-state index is -1.83. The van der Waals surface area contributed by atoms with Crippen LogP contribution >= 0.6 is 0 Å². The molecule has 2 nitrogen and oxygen atoms in total. The lowest BCUT2D eigenvalue weighted by molar-refractivity contribution is 0.286. The van der Waals surface area contributed by atoms with E-state index in [2.05, 4.69) is 156 Å². The lowest BCUT2D eigenvalue weighted by atomic mass is 9.95. The molecule has 296 valence electrons. The number of fused-ring (bicyclic) bond motifs is 2. The Labute approximate surface area is 337 Å². The van der Waals surface area contributed by atoms with Crippen molar-refractivity contribution in [2.45, 2.75) is 207 Å². The molecular weight excluding hydrogens is 689 g/mol. The highest BCUT2D eigenvalue weighted by atomic mass is 28.4. The average Bonchev–Trinajstić information content (AvgIpc) is 3.79. The van der Waals surface area contributed by atoms with Crippen LogP contribution in [-0.4, -0.2) is 29.6 Å². The van der Waals surface area contributed by atoms with E-state index < -0.39 is 16.4 Å². The second kappa shape index (κ2) is 24.0. The first-order valence-corrected chi connectivity index (χ1v) is 26.0. The molecule has 1 aromatic rings. The van der Waals surface area contributed by atoms with Gasteiger partial charge in [-0.2, -0.15) is 0 Å². The lowest BCUT2D eigenvalue weighted by Gasteiger charge is -2.45. The molecule has 0 unspecified atom stereocenters. The van der Waals surface area contributed by atoms with Gasteiger partial charge in [-0.1, -0.05) is 132 Å². The van der Waals surface area contributed by atoms with Crippen molar-refractivity contribution in [1.29, 1.82) is 0 Å². The zero-order valence-corrected chi connectivity index (χ0v) is 39.2. The second-order valence-corrected chi connectivity index (χ2v) is 28.4. The molecule has 0 saturated heterocycles. The number of hydrogen-bond acceptors (Lipinski definition) is 2. The van der Waals surface area contributed by atoms with Gasteiger partial charge in [0.25, 0.3) is 0 Å². The Morgan fingerprint density at radius 2 is 1.04 bits per heavy atom. The van der Waals surface area contributed by atoms with Crippen molar-refractivity contribution in [3.8, 4) is 65.0 Å². The Kier molecular flexibility index (Phi) is 21.0. The van der Waals surface area contributed by atoms with Crippen LogP contribution in [0.3, 0.4) is 0 Å². The topological polar surface area (TPSA) is 18.5 Å². The van der Waals surface area contributed by atoms with Crippen LogP contribution in [-0.2, 0) is 23.7 Å². The summed E-state index contributed by atoms with van der Waals surface area (Å²) in [4.78, 5) is 0. The summed E-state index contributed by atoms with van der Waals surface area (Å²) in [5.74, 6) is 32.0. The zero-order valence-electron chi connectivity index (χ0n) is 37.2. The van der Waals surface area contributed by atoms with E-state index >= 15 is 0 Å². The molecule has 1 aliphatic carbocycles. The van der Waals surface area contributed by atoms with Crippen LogP contribution in [0.15, 0.2) is 0 Å². The van der Waals surface area contributed by atoms with Crippen molar-refractivity contribution in [2.24, 2.45) is 0 Å². The fourth-order valence-corrected chi connectivity index (χ4v) is 22.5. The molecule has 0 saturated carbocycles. The van der Waals surface area contributed by atoms with E-state index in [1.165, 1.54) is 36.1 Å². The van der Waals surface area contributed by atoms with Crippen LogP contribution < -0.4 is 9.92 Å². The molecule has 0 bridgehead atoms. The molecule has 0 amide bonds. The standard InChI is InChI=1S/C33H56O2Si2.C17H20/c1-22(2)36(23(3)4,24(5)6)33-31-18-15-17-29(31)28(30-19-21-34-32(30)33)16-13-14-20-35-37(25(7)8,26(9)10)27(11)12;1-3-5-7-9-11-13-15-17-16-14-12-10-8-6-4-2/h22-27H,14-15,17-21H2,1-12H3;3-6,15-17H2,1-2H3. The van der Waals surface area contributed by atoms with Crippen LogP contribution in [0.2, 0.25) is 33.2 Å². The molecule has 1 heterocycles. The van der Waals surface area contributed by atoms with Crippen molar-refractivity contribution in [1.82, 2.24) is 0 Å². The number of benzene rings is 1. The van der Waals surface area contributed by atoms with E-state index in [-0.39, 0.29) is 0 Å². The monoisotopic (exact) mass is 765 g/mol. The fourth-order valence-electron chi connectivity index (χ4n) is 9.88. The minimum Gasteiger partial charge on any atom is -0.493 e. The minimum absolute atomic E-state index is 0.615. The molecule has 3 rings (SSSR count). The molecule has 0 aromatic heterocycles. The van der Waals surface area contributed by atoms with Gasteiger partial charge >= 0.3 is 0 Å². The fraction of sp³-hybridized carbons (Fsp3) is 0.680. The van der Waals surface area contributed by atoms with Crippen molar-refractivity contribution < 1.29 is 9.16 Å². The predicted molar refractivity (Wildman–Crippen MR) is 242 cm³/mol. The summed E-state index contributed by atoms with van der Waals surface area (Å²) in [6, 6.07) is 0. The van der Waals surface area contributed by atoms with Crippen LogP contribution in [0, 0.1) is 59.2 Å². The highest BCUT2D eigenvalue weighted by Crippen LogP contribution is 2.48. The number of ether oxygens (including phenoxy) is 1. The third-order valence-corrected chi connectivity index (χ3v) is 25.1. The maximum absolute atomic E-state index is 6.80. The summed E-state index contributed by atoms with van der Waals surface area (Å²) in [7, 11) is -3.66. The third-order valence-electron chi connectivity index (χ3n) is 11.9. The van der Waals surface area contributed by atoms with Crippen molar-refractivity contribution in [3.63, 3.8) is 0 Å². The summed E-state index contributed by atoms with van der Waals surface area (Å²) in [6.45, 7) is 34.9. The Morgan fingerprint density at radius 1 is 0.556 bits per heavy atom. The Hall–Kier alpha value is -2.79. The molecule has 1 aromatic carbocycles. The molecule has 4 heteroatoms. The van der Waals surface area contributed by atoms with E-state index in [4.69, 9.17) is 9.16 Å². The van der Waals surface area contributed by atoms with Crippen LogP contribution in [0.5, 0.6) is 5.75 Å². The SMILES string of the molecule is CC(C)[Si](OCCC#Cc1c2c(c([Si](C(C)C)(C(C)C)C(C)C)c3c1CCO3)CCC2)(C(C)C)C(C)C.CCCC#CC#CCCCC#CC#CCCC. The van der Waals surface area contributed by atoms with E-state index in [0.29, 0.717) is 33.2 Å². The molecule has 0 N–H and O–H groups in total. The summed E-state index contributed by atoms with van der Waals surface area (Å²) >= 11 is 0. The van der Waals surface area contributed by atoms with Gasteiger partial charge in [0.1, 0.15) is 5.75 Å². The van der Waals surface area contributed by atoms with Crippen molar-refractivity contribution >= 4 is 21.6 Å². The first-order chi connectivity index (χ1) is 25.8. The molecule has 54 heavy (non-hydrogen) atoms. The zero-order chi connectivity index (χ0) is 40.3. The maximum Gasteiger partial charge on any atom is 0.200 e. The molecule has 0 radical (unpaired) electrons. The Balaban J connectivity index is 0.000000500. The highest BCUT2D eigenvalue weighted by molar-refractivity contribution is 6.96. The van der Waals surface area contributed by atoms with Crippen LogP contribution in [0.1, 0.15) is 177 Å². The number of hydrogen-bond donors (Lipinski definition) is 0. The number of rotatable bonds is 14. The van der Waals surface area contributed by atoms with Gasteiger partial charge in [0.2, 0.25) is 0 Å². The smallest absolute Gasteiger partial charge is 0.200 e. The largest absolute Gasteiger partial charge is 0.493 e. The van der Waals surface area contributed by atoms with Crippen molar-refractivity contribution in [2.75, 3.05) is 13.2 Å². The molecule has 1 aliphatic heterocycles. The van der Waals surface area contributed by atoms with E-state index in [1.807, 2.05) is 0 Å². The lowest BCUT2D eigenvalue weighted by Crippen LogP contribution is -2.57. The summed E-state index contributed by atoms with van der Waals surface area (Å²) in [5, 5.41) is 1.68. The normalized spacial score (nSPS) is 13.0. The van der Waals surface area contributed by atoms with E-state index in [0.717, 1.165) is 71.0 Å². The van der Waals surface area contributed by atoms with E-state index in [1.54, 1.807) is 16.3 Å². The van der Waals surface area contributed by atoms with Gasteiger partial charge in [0.05, 0.1) is 14.7 Å². The van der Waals surface area contributed by atoms with E-state index in [9.17, 15) is 0 Å². The molecule has 0 atom stereocenters. The molecule has 0 spiro atoms. The first kappa shape index (κ1) is 47.4. The molecular formula is C50H76O2Si2. The first-order valence-electron chi connectivity index (χ1n) is 21.6. The van der Waals surface area contributed by atoms with Gasteiger partial charge in [-0.05, 0) is 112 Å². The summed E-state index contributed by atoms with van der Waals surface area (Å²) in [5.41, 5.74) is 9.86. The summed E-state index contributed by atoms with van der Waals surface area (Å²) in [6.07, 6.45) is 12.3. The Bertz CT molecular complexity index is 1530. The maximum atomic E-state index is 6.80. The highest BCUT2D eigenvalue weighted by Gasteiger charge is 2.50. The predicted octanol–water partition coefficient (Wildman–Crippen LogP) is 12.7. The van der Waals surface area contributed by atoms with Gasteiger partial charge in [0, 0.05) is 56.3 Å². The van der Waals surface area contributed by atoms with Crippen LogP contribution in [0.4, 0.5) is 0 Å². The quantitative estimate of drug-likeness (QED) is 0.107. The van der Waals surface area contributed by atoms with Gasteiger partial charge in [0.15, 0.2) is 8.32 Å². The van der Waals surface area contributed by atoms with Gasteiger partial charge < -0.3 is 9.16 Å². The van der Waals surface area contributed by atoms with Gasteiger partial charge in [-0.3, -0.25) is 0 Å². The van der Waals surface area contributed by atoms with Crippen molar-refractivity contribution in [3.05, 3.63) is 22.3 Å². The Morgan fingerprint density at radius 3 is 1.50 bits per heavy atom. The summed E-state index contributed by atoms with van der Waals surface area (Å²) < 4.78 is 13.3. The third kappa shape index (κ3) is 11.9. The van der Waals surface area contributed by atoms with Gasteiger partial charge in [-0.25, -0.2) is 0 Å².